The van der Waals surface area contributed by atoms with E-state index in [0.717, 1.165) is 6.20 Å². The number of fused-ring (bicyclic) bond motifs is 2. The molecule has 4 aromatic heterocycles. The number of imidazole rings is 1. The first-order chi connectivity index (χ1) is 15.9. The number of anilines is 1. The van der Waals surface area contributed by atoms with Crippen molar-refractivity contribution in [2.24, 2.45) is 0 Å². The van der Waals surface area contributed by atoms with E-state index in [1.54, 1.807) is 30.6 Å². The SMILES string of the molecule is O=C(N[C@@H](CCS)CCCNc1cccc2nc(C(F)(F)F)cn12)c1ccnc2cn[nH]c12. The Morgan fingerprint density at radius 2 is 2.09 bits per heavy atom. The first kappa shape index (κ1) is 22.9. The molecule has 0 aliphatic rings. The molecule has 0 aromatic carbocycles. The number of thiol groups is 1. The molecule has 174 valence electrons. The fraction of sp³-hybridized carbons (Fsp3) is 0.333. The van der Waals surface area contributed by atoms with Gasteiger partial charge in [0.15, 0.2) is 5.69 Å². The fourth-order valence-electron chi connectivity index (χ4n) is 3.60. The highest BCUT2D eigenvalue weighted by Gasteiger charge is 2.34. The van der Waals surface area contributed by atoms with Crippen molar-refractivity contribution < 1.29 is 18.0 Å². The van der Waals surface area contributed by atoms with Crippen LogP contribution in [0.5, 0.6) is 0 Å². The van der Waals surface area contributed by atoms with E-state index >= 15 is 0 Å². The van der Waals surface area contributed by atoms with Gasteiger partial charge in [-0.25, -0.2) is 4.98 Å². The van der Waals surface area contributed by atoms with Crippen LogP contribution in [-0.2, 0) is 6.18 Å². The topological polar surface area (TPSA) is 100 Å². The zero-order valence-corrected chi connectivity index (χ0v) is 18.3. The maximum atomic E-state index is 13.0. The zero-order chi connectivity index (χ0) is 23.4. The molecule has 3 N–H and O–H groups in total. The average molecular weight is 478 g/mol. The number of nitrogens with one attached hydrogen (secondary N) is 3. The summed E-state index contributed by atoms with van der Waals surface area (Å²) in [5, 5.41) is 12.9. The second kappa shape index (κ2) is 9.69. The number of carbonyl (C=O) groups excluding carboxylic acids is 1. The second-order valence-electron chi connectivity index (χ2n) is 7.50. The van der Waals surface area contributed by atoms with E-state index in [0.29, 0.717) is 54.0 Å². The zero-order valence-electron chi connectivity index (χ0n) is 17.4. The molecule has 0 saturated carbocycles. The van der Waals surface area contributed by atoms with Crippen LogP contribution < -0.4 is 10.6 Å². The van der Waals surface area contributed by atoms with Crippen molar-refractivity contribution in [2.45, 2.75) is 31.5 Å². The molecule has 0 bridgehead atoms. The van der Waals surface area contributed by atoms with Gasteiger partial charge in [-0.05, 0) is 43.2 Å². The lowest BCUT2D eigenvalue weighted by molar-refractivity contribution is -0.140. The van der Waals surface area contributed by atoms with Gasteiger partial charge in [0.1, 0.15) is 17.0 Å². The Kier molecular flexibility index (Phi) is 6.72. The van der Waals surface area contributed by atoms with Gasteiger partial charge in [0.2, 0.25) is 0 Å². The molecule has 0 aliphatic carbocycles. The van der Waals surface area contributed by atoms with E-state index in [-0.39, 0.29) is 17.6 Å². The summed E-state index contributed by atoms with van der Waals surface area (Å²) in [6.07, 6.45) is 1.63. The molecule has 0 spiro atoms. The summed E-state index contributed by atoms with van der Waals surface area (Å²) in [6, 6.07) is 6.40. The van der Waals surface area contributed by atoms with Crippen molar-refractivity contribution in [3.05, 3.63) is 54.1 Å². The third-order valence-corrected chi connectivity index (χ3v) is 5.48. The van der Waals surface area contributed by atoms with Gasteiger partial charge in [0.05, 0.1) is 17.3 Å². The van der Waals surface area contributed by atoms with E-state index in [4.69, 9.17) is 0 Å². The molecule has 0 saturated heterocycles. The van der Waals surface area contributed by atoms with Crippen LogP contribution in [0.1, 0.15) is 35.3 Å². The van der Waals surface area contributed by atoms with Crippen molar-refractivity contribution >= 4 is 41.0 Å². The van der Waals surface area contributed by atoms with Gasteiger partial charge in [-0.15, -0.1) is 0 Å². The van der Waals surface area contributed by atoms with Crippen molar-refractivity contribution in [1.82, 2.24) is 29.9 Å². The first-order valence-electron chi connectivity index (χ1n) is 10.4. The van der Waals surface area contributed by atoms with E-state index in [1.165, 1.54) is 10.5 Å². The maximum Gasteiger partial charge on any atom is 0.434 e. The van der Waals surface area contributed by atoms with Crippen LogP contribution in [0, 0.1) is 0 Å². The van der Waals surface area contributed by atoms with Crippen LogP contribution in [0.3, 0.4) is 0 Å². The molecule has 0 aliphatic heterocycles. The molecule has 1 atom stereocenters. The number of carbonyl (C=O) groups is 1. The molecule has 12 heteroatoms. The Morgan fingerprint density at radius 3 is 2.88 bits per heavy atom. The standard InChI is InChI=1S/C21H22F3N7OS/c22-21(23,24)16-12-31-17(4-1-5-18(31)29-16)26-8-2-3-13(7-10-33)28-20(32)14-6-9-25-15-11-27-30-19(14)15/h1,4-6,9,11-13,26,33H,2-3,7-8,10H2,(H,27,30)(H,28,32)/t13-/m1/s1. The molecular weight excluding hydrogens is 455 g/mol. The van der Waals surface area contributed by atoms with Gasteiger partial charge in [0.25, 0.3) is 5.91 Å². The summed E-state index contributed by atoms with van der Waals surface area (Å²) in [6.45, 7) is 0.512. The summed E-state index contributed by atoms with van der Waals surface area (Å²) in [5.41, 5.74) is 0.936. The van der Waals surface area contributed by atoms with Crippen LogP contribution in [-0.4, -0.2) is 48.8 Å². The van der Waals surface area contributed by atoms with Gasteiger partial charge in [-0.3, -0.25) is 19.3 Å². The number of pyridine rings is 2. The van der Waals surface area contributed by atoms with Gasteiger partial charge in [0, 0.05) is 25.0 Å². The highest BCUT2D eigenvalue weighted by Crippen LogP contribution is 2.29. The van der Waals surface area contributed by atoms with Gasteiger partial charge < -0.3 is 10.6 Å². The summed E-state index contributed by atoms with van der Waals surface area (Å²) in [4.78, 5) is 20.6. The van der Waals surface area contributed by atoms with E-state index in [2.05, 4.69) is 43.4 Å². The molecule has 4 rings (SSSR count). The molecule has 4 aromatic rings. The van der Waals surface area contributed by atoms with Gasteiger partial charge >= 0.3 is 6.18 Å². The number of aromatic amines is 1. The Labute approximate surface area is 192 Å². The fourth-order valence-corrected chi connectivity index (χ4v) is 3.92. The predicted octanol–water partition coefficient (Wildman–Crippen LogP) is 3.94. The molecule has 8 nitrogen and oxygen atoms in total. The van der Waals surface area contributed by atoms with E-state index in [1.807, 2.05) is 0 Å². The summed E-state index contributed by atoms with van der Waals surface area (Å²) in [5.74, 6) is 0.890. The second-order valence-corrected chi connectivity index (χ2v) is 7.95. The molecule has 0 unspecified atom stereocenters. The number of amides is 1. The molecule has 0 fully saturated rings. The third kappa shape index (κ3) is 5.21. The van der Waals surface area contributed by atoms with Crippen molar-refractivity contribution in [3.8, 4) is 0 Å². The molecule has 4 heterocycles. The number of hydrogen-bond donors (Lipinski definition) is 4. The summed E-state index contributed by atoms with van der Waals surface area (Å²) in [7, 11) is 0. The number of halogens is 3. The van der Waals surface area contributed by atoms with Crippen LogP contribution in [0.15, 0.2) is 42.9 Å². The van der Waals surface area contributed by atoms with Crippen molar-refractivity contribution in [2.75, 3.05) is 17.6 Å². The largest absolute Gasteiger partial charge is 0.434 e. The lowest BCUT2D eigenvalue weighted by atomic mass is 10.1. The number of nitrogens with zero attached hydrogens (tertiary/aromatic N) is 4. The number of rotatable bonds is 9. The number of H-pyrrole nitrogens is 1. The molecule has 1 amide bonds. The number of aromatic nitrogens is 5. The number of hydrogen-bond acceptors (Lipinski definition) is 6. The molecular formula is C21H22F3N7OS. The monoisotopic (exact) mass is 477 g/mol. The van der Waals surface area contributed by atoms with Crippen LogP contribution in [0.2, 0.25) is 0 Å². The lowest BCUT2D eigenvalue weighted by Gasteiger charge is -2.18. The highest BCUT2D eigenvalue weighted by atomic mass is 32.1. The minimum absolute atomic E-state index is 0.108. The lowest BCUT2D eigenvalue weighted by Crippen LogP contribution is -2.35. The smallest absolute Gasteiger partial charge is 0.371 e. The average Bonchev–Trinajstić information content (AvgIpc) is 3.43. The van der Waals surface area contributed by atoms with Crippen LogP contribution >= 0.6 is 12.6 Å². The maximum absolute atomic E-state index is 13.0. The third-order valence-electron chi connectivity index (χ3n) is 5.22. The predicted molar refractivity (Wildman–Crippen MR) is 122 cm³/mol. The van der Waals surface area contributed by atoms with Crippen LogP contribution in [0.25, 0.3) is 16.7 Å². The first-order valence-corrected chi connectivity index (χ1v) is 11.0. The normalized spacial score (nSPS) is 12.8. The minimum Gasteiger partial charge on any atom is -0.371 e. The minimum atomic E-state index is -4.50. The Hall–Kier alpha value is -3.28. The molecule has 33 heavy (non-hydrogen) atoms. The van der Waals surface area contributed by atoms with Crippen molar-refractivity contribution in [3.63, 3.8) is 0 Å². The van der Waals surface area contributed by atoms with E-state index in [9.17, 15) is 18.0 Å². The number of alkyl halides is 3. The van der Waals surface area contributed by atoms with Crippen molar-refractivity contribution in [1.29, 1.82) is 0 Å². The summed E-state index contributed by atoms with van der Waals surface area (Å²) >= 11 is 4.29. The van der Waals surface area contributed by atoms with Gasteiger partial charge in [-0.1, -0.05) is 6.07 Å². The Bertz CT molecular complexity index is 1250. The molecule has 0 radical (unpaired) electrons. The summed E-state index contributed by atoms with van der Waals surface area (Å²) < 4.78 is 40.3. The van der Waals surface area contributed by atoms with E-state index < -0.39 is 11.9 Å². The Balaban J connectivity index is 1.36. The quantitative estimate of drug-likeness (QED) is 0.216. The Morgan fingerprint density at radius 1 is 1.24 bits per heavy atom. The highest BCUT2D eigenvalue weighted by molar-refractivity contribution is 7.80. The van der Waals surface area contributed by atoms with Gasteiger partial charge in [-0.2, -0.15) is 30.9 Å². The van der Waals surface area contributed by atoms with Crippen LogP contribution in [0.4, 0.5) is 19.0 Å².